The number of likely N-dealkylation sites (tertiary alicyclic amines) is 2. The molecule has 1 N–H and O–H groups in total. The van der Waals surface area contributed by atoms with Gasteiger partial charge >= 0.3 is 11.8 Å². The lowest BCUT2D eigenvalue weighted by atomic mass is 9.96. The van der Waals surface area contributed by atoms with E-state index in [9.17, 15) is 19.2 Å². The zero-order valence-corrected chi connectivity index (χ0v) is 26.6. The van der Waals surface area contributed by atoms with Crippen LogP contribution in [-0.4, -0.2) is 112 Å². The molecule has 1 aromatic heterocycles. The molecule has 0 saturated carbocycles. The Kier molecular flexibility index (Phi) is 8.49. The molecule has 12 nitrogen and oxygen atoms in total. The molecular weight excluding hydrogens is 562 g/mol. The van der Waals surface area contributed by atoms with Crippen molar-refractivity contribution in [3.63, 3.8) is 0 Å². The van der Waals surface area contributed by atoms with Crippen molar-refractivity contribution >= 4 is 34.6 Å². The fourth-order valence-corrected chi connectivity index (χ4v) is 7.59. The van der Waals surface area contributed by atoms with Crippen molar-refractivity contribution in [2.45, 2.75) is 83.0 Å². The number of carbonyl (C=O) groups excluding carboxylic acids is 3. The first-order valence-corrected chi connectivity index (χ1v) is 16.2. The van der Waals surface area contributed by atoms with Crippen molar-refractivity contribution in [2.75, 3.05) is 57.3 Å². The van der Waals surface area contributed by atoms with Gasteiger partial charge in [0.05, 0.1) is 16.7 Å². The number of nitrogens with one attached hydrogen (secondary N) is 1. The number of nitrogens with zero attached hydrogens (tertiary/aromatic N) is 6. The van der Waals surface area contributed by atoms with E-state index in [1.165, 1.54) is 0 Å². The number of benzene rings is 1. The van der Waals surface area contributed by atoms with E-state index in [1.807, 2.05) is 37.8 Å². The lowest BCUT2D eigenvalue weighted by Crippen LogP contribution is -2.55. The molecule has 44 heavy (non-hydrogen) atoms. The van der Waals surface area contributed by atoms with Gasteiger partial charge in [-0.25, -0.2) is 9.59 Å². The largest absolute Gasteiger partial charge is 0.444 e. The van der Waals surface area contributed by atoms with E-state index in [0.29, 0.717) is 18.5 Å². The number of hydrogen-bond donors (Lipinski definition) is 1. The summed E-state index contributed by atoms with van der Waals surface area (Å²) in [7, 11) is 1.77. The lowest BCUT2D eigenvalue weighted by Gasteiger charge is -2.46. The molecule has 0 bridgehead atoms. The van der Waals surface area contributed by atoms with Crippen molar-refractivity contribution < 1.29 is 19.1 Å². The van der Waals surface area contributed by atoms with Crippen molar-refractivity contribution in [3.05, 3.63) is 28.7 Å². The van der Waals surface area contributed by atoms with Crippen LogP contribution in [0.1, 0.15) is 65.3 Å². The molecule has 6 rings (SSSR count). The van der Waals surface area contributed by atoms with Crippen LogP contribution in [0.2, 0.25) is 0 Å². The van der Waals surface area contributed by atoms with Crippen LogP contribution in [0.15, 0.2) is 23.0 Å². The number of amides is 3. The average molecular weight is 610 g/mol. The standard InChI is InChI=1S/C32H47N7O5/c1-32(2,3)44-31(43)38-16-12-22(13-17-38)35-14-10-23(11-15-35)36-18-20-37(21-19-36)24-6-5-7-25-28(24)34(4)30(42)39(25)26-8-9-27(40)33-29(26)41/h5-7,22-23,26H,8-21H2,1-4H3,(H,33,40,41). The third-order valence-electron chi connectivity index (χ3n) is 9.91. The van der Waals surface area contributed by atoms with Crippen molar-refractivity contribution in [1.29, 1.82) is 0 Å². The molecular formula is C32H47N7O5. The number of imide groups is 1. The van der Waals surface area contributed by atoms with Gasteiger partial charge in [0.25, 0.3) is 0 Å². The molecule has 0 radical (unpaired) electrons. The summed E-state index contributed by atoms with van der Waals surface area (Å²) < 4.78 is 8.77. The normalized spacial score (nSPS) is 23.8. The fraction of sp³-hybridized carbons (Fsp3) is 0.688. The number of piperazine rings is 1. The summed E-state index contributed by atoms with van der Waals surface area (Å²) in [4.78, 5) is 59.6. The molecule has 5 heterocycles. The van der Waals surface area contributed by atoms with Gasteiger partial charge in [0.2, 0.25) is 11.8 Å². The van der Waals surface area contributed by atoms with Gasteiger partial charge in [-0.2, -0.15) is 0 Å². The Labute approximate surface area is 258 Å². The molecule has 0 aliphatic carbocycles. The Bertz CT molecular complexity index is 1450. The van der Waals surface area contributed by atoms with E-state index in [-0.39, 0.29) is 24.1 Å². The second-order valence-corrected chi connectivity index (χ2v) is 13.8. The summed E-state index contributed by atoms with van der Waals surface area (Å²) in [6, 6.07) is 6.35. The van der Waals surface area contributed by atoms with Gasteiger partial charge in [0, 0.05) is 64.8 Å². The van der Waals surface area contributed by atoms with Gasteiger partial charge in [0.1, 0.15) is 11.6 Å². The van der Waals surface area contributed by atoms with Crippen LogP contribution in [0.4, 0.5) is 10.5 Å². The summed E-state index contributed by atoms with van der Waals surface area (Å²) in [5.41, 5.74) is 1.89. The third-order valence-corrected chi connectivity index (χ3v) is 9.91. The summed E-state index contributed by atoms with van der Waals surface area (Å²) in [5.74, 6) is -0.698. The molecule has 1 unspecified atom stereocenters. The predicted octanol–water partition coefficient (Wildman–Crippen LogP) is 2.30. The molecule has 4 fully saturated rings. The maximum Gasteiger partial charge on any atom is 0.410 e. The third kappa shape index (κ3) is 6.10. The first-order valence-electron chi connectivity index (χ1n) is 16.2. The molecule has 4 saturated heterocycles. The average Bonchev–Trinajstić information content (AvgIpc) is 3.26. The number of aromatic nitrogens is 2. The smallest absolute Gasteiger partial charge is 0.410 e. The van der Waals surface area contributed by atoms with E-state index in [4.69, 9.17) is 4.74 Å². The molecule has 4 aliphatic heterocycles. The number of hydrogen-bond acceptors (Lipinski definition) is 8. The number of anilines is 1. The van der Waals surface area contributed by atoms with E-state index >= 15 is 0 Å². The summed E-state index contributed by atoms with van der Waals surface area (Å²) >= 11 is 0. The summed E-state index contributed by atoms with van der Waals surface area (Å²) in [6.45, 7) is 13.1. The maximum absolute atomic E-state index is 13.4. The van der Waals surface area contributed by atoms with Crippen LogP contribution in [0.5, 0.6) is 0 Å². The number of carbonyl (C=O) groups is 3. The van der Waals surface area contributed by atoms with Gasteiger partial charge in [-0.1, -0.05) is 6.07 Å². The molecule has 4 aliphatic rings. The fourth-order valence-electron chi connectivity index (χ4n) is 7.59. The van der Waals surface area contributed by atoms with Gasteiger partial charge in [-0.3, -0.25) is 28.9 Å². The van der Waals surface area contributed by atoms with Crippen LogP contribution in [0.3, 0.4) is 0 Å². The van der Waals surface area contributed by atoms with Crippen LogP contribution in [0.25, 0.3) is 11.0 Å². The Morgan fingerprint density at radius 2 is 1.45 bits per heavy atom. The lowest BCUT2D eigenvalue weighted by molar-refractivity contribution is -0.135. The van der Waals surface area contributed by atoms with E-state index in [2.05, 4.69) is 26.1 Å². The molecule has 1 atom stereocenters. The SMILES string of the molecule is Cn1c(=O)n(C2CCC(=O)NC2=O)c2cccc(N3CCN(C4CCN(C5CCN(C(=O)OC(C)(C)C)CC5)CC4)CC3)c21. The number of imidazole rings is 1. The number of piperidine rings is 3. The minimum absolute atomic E-state index is 0.195. The second kappa shape index (κ2) is 12.2. The number of rotatable bonds is 4. The minimum atomic E-state index is -0.681. The molecule has 12 heteroatoms. The zero-order chi connectivity index (χ0) is 31.2. The highest BCUT2D eigenvalue weighted by Crippen LogP contribution is 2.31. The Hall–Kier alpha value is -3.38. The van der Waals surface area contributed by atoms with Crippen LogP contribution in [0, 0.1) is 0 Å². The number of para-hydroxylation sites is 1. The highest BCUT2D eigenvalue weighted by atomic mass is 16.6. The zero-order valence-electron chi connectivity index (χ0n) is 26.6. The van der Waals surface area contributed by atoms with Crippen LogP contribution in [-0.2, 0) is 21.4 Å². The number of ether oxygens (including phenoxy) is 1. The molecule has 3 amide bonds. The van der Waals surface area contributed by atoms with Gasteiger partial charge in [-0.05, 0) is 78.1 Å². The summed E-state index contributed by atoms with van der Waals surface area (Å²) in [6.07, 6.45) is 4.68. The first-order chi connectivity index (χ1) is 21.0. The van der Waals surface area contributed by atoms with E-state index in [0.717, 1.165) is 94.8 Å². The van der Waals surface area contributed by atoms with Crippen molar-refractivity contribution in [2.24, 2.45) is 7.05 Å². The molecule has 240 valence electrons. The van der Waals surface area contributed by atoms with Gasteiger partial charge in [-0.15, -0.1) is 0 Å². The minimum Gasteiger partial charge on any atom is -0.444 e. The monoisotopic (exact) mass is 609 g/mol. The van der Waals surface area contributed by atoms with Gasteiger partial charge < -0.3 is 19.4 Å². The van der Waals surface area contributed by atoms with E-state index < -0.39 is 17.6 Å². The number of fused-ring (bicyclic) bond motifs is 1. The van der Waals surface area contributed by atoms with Crippen LogP contribution < -0.4 is 15.9 Å². The molecule has 2 aromatic rings. The van der Waals surface area contributed by atoms with E-state index in [1.54, 1.807) is 16.2 Å². The second-order valence-electron chi connectivity index (χ2n) is 13.8. The highest BCUT2D eigenvalue weighted by molar-refractivity contribution is 6.00. The first kappa shape index (κ1) is 30.6. The number of aryl methyl sites for hydroxylation is 1. The summed E-state index contributed by atoms with van der Waals surface area (Å²) in [5, 5.41) is 2.39. The Morgan fingerprint density at radius 3 is 2.07 bits per heavy atom. The van der Waals surface area contributed by atoms with Crippen molar-refractivity contribution in [3.8, 4) is 0 Å². The maximum atomic E-state index is 13.4. The predicted molar refractivity (Wildman–Crippen MR) is 168 cm³/mol. The molecule has 1 aromatic carbocycles. The van der Waals surface area contributed by atoms with Crippen molar-refractivity contribution in [1.82, 2.24) is 29.2 Å². The quantitative estimate of drug-likeness (QED) is 0.526. The van der Waals surface area contributed by atoms with Gasteiger partial charge in [0.15, 0.2) is 0 Å². The Balaban J connectivity index is 1.03. The Morgan fingerprint density at radius 1 is 0.841 bits per heavy atom. The molecule has 0 spiro atoms. The topological polar surface area (TPSA) is 112 Å². The van der Waals surface area contributed by atoms with Crippen LogP contribution >= 0.6 is 0 Å². The highest BCUT2D eigenvalue weighted by Gasteiger charge is 2.35.